The van der Waals surface area contributed by atoms with Crippen LogP contribution in [0.1, 0.15) is 31.6 Å². The minimum Gasteiger partial charge on any atom is -0.324 e. The van der Waals surface area contributed by atoms with Crippen LogP contribution in [0.15, 0.2) is 15.9 Å². The fourth-order valence-electron chi connectivity index (χ4n) is 1.58. The van der Waals surface area contributed by atoms with Gasteiger partial charge in [0.15, 0.2) is 0 Å². The van der Waals surface area contributed by atoms with E-state index >= 15 is 0 Å². The molecule has 2 nitrogen and oxygen atoms in total. The summed E-state index contributed by atoms with van der Waals surface area (Å²) in [7, 11) is 0. The molecule has 1 heterocycles. The highest BCUT2D eigenvalue weighted by molar-refractivity contribution is 9.11. The van der Waals surface area contributed by atoms with Gasteiger partial charge in [-0.1, -0.05) is 13.3 Å². The summed E-state index contributed by atoms with van der Waals surface area (Å²) in [5.41, 5.74) is 6.05. The lowest BCUT2D eigenvalue weighted by atomic mass is 9.98. The Bertz CT molecular complexity index is 297. The molecule has 0 amide bonds. The Balaban J connectivity index is 2.27. The number of hydrogen-bond donors (Lipinski definition) is 2. The van der Waals surface area contributed by atoms with E-state index < -0.39 is 0 Å². The Labute approximate surface area is 104 Å². The molecule has 0 saturated carbocycles. The topological polar surface area (TPSA) is 38.0 Å². The number of rotatable bonds is 6. The van der Waals surface area contributed by atoms with Gasteiger partial charge in [0.1, 0.15) is 0 Å². The van der Waals surface area contributed by atoms with E-state index in [0.29, 0.717) is 0 Å². The predicted molar refractivity (Wildman–Crippen MR) is 71.2 cm³/mol. The molecule has 0 spiro atoms. The lowest BCUT2D eigenvalue weighted by molar-refractivity contribution is 0.397. The number of halogens is 1. The van der Waals surface area contributed by atoms with Crippen molar-refractivity contribution in [2.45, 2.75) is 38.8 Å². The molecule has 86 valence electrons. The molecule has 3 N–H and O–H groups in total. The van der Waals surface area contributed by atoms with Gasteiger partial charge >= 0.3 is 0 Å². The van der Waals surface area contributed by atoms with Crippen LogP contribution in [0.5, 0.6) is 0 Å². The van der Waals surface area contributed by atoms with Crippen molar-refractivity contribution in [1.29, 1.82) is 0 Å². The standard InChI is InChI=1S/C11H19BrN2S/c1-3-6-11(2,13)8-14-7-9-4-5-10(12)15-9/h4-5,14H,3,6-8,13H2,1-2H3. The molecular formula is C11H19BrN2S. The summed E-state index contributed by atoms with van der Waals surface area (Å²) in [5, 5.41) is 3.40. The maximum Gasteiger partial charge on any atom is 0.0701 e. The Hall–Kier alpha value is 0.1000. The lowest BCUT2D eigenvalue weighted by Crippen LogP contribution is -2.45. The zero-order valence-electron chi connectivity index (χ0n) is 9.35. The van der Waals surface area contributed by atoms with Gasteiger partial charge in [-0.25, -0.2) is 0 Å². The zero-order chi connectivity index (χ0) is 11.3. The van der Waals surface area contributed by atoms with E-state index in [2.05, 4.69) is 47.2 Å². The highest BCUT2D eigenvalue weighted by Crippen LogP contribution is 2.21. The maximum atomic E-state index is 6.13. The molecule has 1 rings (SSSR count). The third-order valence-corrected chi connectivity index (χ3v) is 3.90. The first kappa shape index (κ1) is 13.2. The summed E-state index contributed by atoms with van der Waals surface area (Å²) in [6.45, 7) is 6.05. The van der Waals surface area contributed by atoms with Crippen LogP contribution >= 0.6 is 27.3 Å². The third-order valence-electron chi connectivity index (χ3n) is 2.28. The van der Waals surface area contributed by atoms with Crippen LogP contribution in [0, 0.1) is 0 Å². The number of thiophene rings is 1. The monoisotopic (exact) mass is 290 g/mol. The van der Waals surface area contributed by atoms with Gasteiger partial charge in [0.25, 0.3) is 0 Å². The molecule has 0 radical (unpaired) electrons. The molecule has 1 atom stereocenters. The smallest absolute Gasteiger partial charge is 0.0701 e. The molecule has 0 aliphatic rings. The molecule has 0 aliphatic carbocycles. The SMILES string of the molecule is CCCC(C)(N)CNCc1ccc(Br)s1. The van der Waals surface area contributed by atoms with Gasteiger partial charge in [-0.05, 0) is 41.4 Å². The third kappa shape index (κ3) is 5.11. The van der Waals surface area contributed by atoms with Gasteiger partial charge in [-0.15, -0.1) is 11.3 Å². The Kier molecular flexibility index (Phi) is 5.26. The van der Waals surface area contributed by atoms with E-state index in [1.54, 1.807) is 11.3 Å². The van der Waals surface area contributed by atoms with Crippen molar-refractivity contribution in [3.63, 3.8) is 0 Å². The molecule has 15 heavy (non-hydrogen) atoms. The summed E-state index contributed by atoms with van der Waals surface area (Å²) in [6.07, 6.45) is 2.20. The summed E-state index contributed by atoms with van der Waals surface area (Å²) in [4.78, 5) is 1.34. The molecule has 0 fully saturated rings. The highest BCUT2D eigenvalue weighted by atomic mass is 79.9. The molecular weight excluding hydrogens is 272 g/mol. The molecule has 1 aromatic heterocycles. The van der Waals surface area contributed by atoms with Crippen LogP contribution in [-0.4, -0.2) is 12.1 Å². The number of nitrogens with two attached hydrogens (primary N) is 1. The van der Waals surface area contributed by atoms with Crippen LogP contribution < -0.4 is 11.1 Å². The first-order valence-corrected chi connectivity index (χ1v) is 6.88. The molecule has 0 bridgehead atoms. The van der Waals surface area contributed by atoms with Gasteiger partial charge in [-0.3, -0.25) is 0 Å². The van der Waals surface area contributed by atoms with Crippen molar-refractivity contribution in [3.05, 3.63) is 20.8 Å². The normalized spacial score (nSPS) is 15.2. The van der Waals surface area contributed by atoms with Gasteiger partial charge in [0, 0.05) is 23.5 Å². The molecule has 1 aromatic rings. The summed E-state index contributed by atoms with van der Waals surface area (Å²) >= 11 is 5.22. The van der Waals surface area contributed by atoms with Crippen molar-refractivity contribution < 1.29 is 0 Å². The fourth-order valence-corrected chi connectivity index (χ4v) is 3.03. The zero-order valence-corrected chi connectivity index (χ0v) is 11.7. The van der Waals surface area contributed by atoms with E-state index in [0.717, 1.165) is 25.9 Å². The van der Waals surface area contributed by atoms with Crippen molar-refractivity contribution in [2.75, 3.05) is 6.54 Å². The largest absolute Gasteiger partial charge is 0.324 e. The summed E-state index contributed by atoms with van der Waals surface area (Å²) < 4.78 is 1.18. The van der Waals surface area contributed by atoms with Crippen molar-refractivity contribution >= 4 is 27.3 Å². The van der Waals surface area contributed by atoms with E-state index in [9.17, 15) is 0 Å². The Morgan fingerprint density at radius 2 is 2.27 bits per heavy atom. The second-order valence-corrected chi connectivity index (χ2v) is 6.76. The molecule has 4 heteroatoms. The van der Waals surface area contributed by atoms with Gasteiger partial charge in [0.05, 0.1) is 3.79 Å². The van der Waals surface area contributed by atoms with Gasteiger partial charge in [-0.2, -0.15) is 0 Å². The fraction of sp³-hybridized carbons (Fsp3) is 0.636. The van der Waals surface area contributed by atoms with E-state index in [1.807, 2.05) is 0 Å². The second kappa shape index (κ2) is 5.99. The minimum absolute atomic E-state index is 0.0801. The van der Waals surface area contributed by atoms with Crippen LogP contribution in [0.3, 0.4) is 0 Å². The van der Waals surface area contributed by atoms with Crippen molar-refractivity contribution in [1.82, 2.24) is 5.32 Å². The van der Waals surface area contributed by atoms with E-state index in [1.165, 1.54) is 8.66 Å². The quantitative estimate of drug-likeness (QED) is 0.845. The Morgan fingerprint density at radius 3 is 2.80 bits per heavy atom. The van der Waals surface area contributed by atoms with Crippen LogP contribution in [0.2, 0.25) is 0 Å². The van der Waals surface area contributed by atoms with Crippen molar-refractivity contribution in [3.8, 4) is 0 Å². The predicted octanol–water partition coefficient (Wildman–Crippen LogP) is 3.12. The first-order chi connectivity index (χ1) is 7.03. The first-order valence-electron chi connectivity index (χ1n) is 5.27. The Morgan fingerprint density at radius 1 is 1.53 bits per heavy atom. The maximum absolute atomic E-state index is 6.13. The molecule has 0 saturated heterocycles. The number of hydrogen-bond acceptors (Lipinski definition) is 3. The average Bonchev–Trinajstić information content (AvgIpc) is 2.51. The number of nitrogens with one attached hydrogen (secondary N) is 1. The summed E-state index contributed by atoms with van der Waals surface area (Å²) in [5.74, 6) is 0. The van der Waals surface area contributed by atoms with Crippen LogP contribution in [-0.2, 0) is 6.54 Å². The van der Waals surface area contributed by atoms with Gasteiger partial charge in [0.2, 0.25) is 0 Å². The highest BCUT2D eigenvalue weighted by Gasteiger charge is 2.16. The van der Waals surface area contributed by atoms with Gasteiger partial charge < -0.3 is 11.1 Å². The van der Waals surface area contributed by atoms with E-state index in [-0.39, 0.29) is 5.54 Å². The van der Waals surface area contributed by atoms with E-state index in [4.69, 9.17) is 5.73 Å². The average molecular weight is 291 g/mol. The molecule has 0 aliphatic heterocycles. The molecule has 1 unspecified atom stereocenters. The second-order valence-electron chi connectivity index (χ2n) is 4.21. The van der Waals surface area contributed by atoms with Crippen LogP contribution in [0.4, 0.5) is 0 Å². The summed E-state index contributed by atoms with van der Waals surface area (Å²) in [6, 6.07) is 4.21. The molecule has 0 aromatic carbocycles. The lowest BCUT2D eigenvalue weighted by Gasteiger charge is -2.24. The van der Waals surface area contributed by atoms with Crippen LogP contribution in [0.25, 0.3) is 0 Å². The minimum atomic E-state index is -0.0801. The van der Waals surface area contributed by atoms with Crippen molar-refractivity contribution in [2.24, 2.45) is 5.73 Å².